The smallest absolute Gasteiger partial charge is 0.303 e. The van der Waals surface area contributed by atoms with E-state index in [1.165, 1.54) is 11.8 Å². The highest BCUT2D eigenvalue weighted by Gasteiger charge is 2.49. The minimum absolute atomic E-state index is 0.0149. The lowest BCUT2D eigenvalue weighted by atomic mass is 10.1. The highest BCUT2D eigenvalue weighted by molar-refractivity contribution is 8.16. The standard InChI is InChI=1S/C16H17ClN2O5S2/c1-9-2-3-10(17)6-11(9)19-12-7-26(23,24)8-13(12)25-16(19)18-14(20)4-5-15(21)22/h2-3,6,12-13H,4-5,7-8H2,1H3,(H,21,22)/t12-,13+/m0/s1. The highest BCUT2D eigenvalue weighted by atomic mass is 35.5. The van der Waals surface area contributed by atoms with Crippen molar-refractivity contribution < 1.29 is 23.1 Å². The molecule has 0 bridgehead atoms. The Morgan fingerprint density at radius 1 is 1.35 bits per heavy atom. The second-order valence-electron chi connectivity index (χ2n) is 6.28. The molecule has 2 aliphatic heterocycles. The molecule has 2 atom stereocenters. The number of fused-ring (bicyclic) bond motifs is 1. The van der Waals surface area contributed by atoms with Gasteiger partial charge in [0.25, 0.3) is 0 Å². The average Bonchev–Trinajstić information content (AvgIpc) is 2.99. The van der Waals surface area contributed by atoms with Crippen molar-refractivity contribution >= 4 is 55.9 Å². The summed E-state index contributed by atoms with van der Waals surface area (Å²) in [5, 5.41) is 9.39. The maximum atomic E-state index is 12.0. The van der Waals surface area contributed by atoms with Crippen LogP contribution >= 0.6 is 23.4 Å². The lowest BCUT2D eigenvalue weighted by Crippen LogP contribution is -2.38. The maximum Gasteiger partial charge on any atom is 0.303 e. The van der Waals surface area contributed by atoms with Crippen molar-refractivity contribution in [2.24, 2.45) is 4.99 Å². The Morgan fingerprint density at radius 2 is 2.08 bits per heavy atom. The van der Waals surface area contributed by atoms with E-state index in [1.54, 1.807) is 17.0 Å². The molecule has 0 unspecified atom stereocenters. The first-order chi connectivity index (χ1) is 12.2. The summed E-state index contributed by atoms with van der Waals surface area (Å²) in [5.41, 5.74) is 1.59. The summed E-state index contributed by atoms with van der Waals surface area (Å²) in [6.07, 6.45) is -0.493. The van der Waals surface area contributed by atoms with Crippen molar-refractivity contribution in [2.75, 3.05) is 16.4 Å². The van der Waals surface area contributed by atoms with Crippen LogP contribution in [-0.2, 0) is 19.4 Å². The molecule has 1 aromatic rings. The number of hydrogen-bond acceptors (Lipinski definition) is 5. The number of halogens is 1. The van der Waals surface area contributed by atoms with Crippen LogP contribution in [0.2, 0.25) is 5.02 Å². The van der Waals surface area contributed by atoms with Crippen LogP contribution in [-0.4, -0.2) is 53.4 Å². The summed E-state index contributed by atoms with van der Waals surface area (Å²) >= 11 is 7.36. The molecular weight excluding hydrogens is 400 g/mol. The number of aliphatic imine (C=N–C) groups is 1. The number of aliphatic carboxylic acids is 1. The summed E-state index contributed by atoms with van der Waals surface area (Å²) in [5.74, 6) is -1.59. The van der Waals surface area contributed by atoms with Crippen LogP contribution in [0.1, 0.15) is 18.4 Å². The third-order valence-electron chi connectivity index (χ3n) is 4.27. The van der Waals surface area contributed by atoms with Gasteiger partial charge in [-0.2, -0.15) is 4.99 Å². The molecule has 3 rings (SSSR count). The molecule has 0 aliphatic carbocycles. The number of aryl methyl sites for hydroxylation is 1. The lowest BCUT2D eigenvalue weighted by molar-refractivity contribution is -0.138. The van der Waals surface area contributed by atoms with Crippen LogP contribution in [0.5, 0.6) is 0 Å². The van der Waals surface area contributed by atoms with E-state index in [0.29, 0.717) is 15.9 Å². The molecule has 2 fully saturated rings. The Kier molecular flexibility index (Phi) is 5.32. The van der Waals surface area contributed by atoms with Crippen molar-refractivity contribution in [3.63, 3.8) is 0 Å². The van der Waals surface area contributed by atoms with Gasteiger partial charge in [-0.25, -0.2) is 8.42 Å². The Morgan fingerprint density at radius 3 is 2.77 bits per heavy atom. The van der Waals surface area contributed by atoms with Crippen LogP contribution in [0.4, 0.5) is 5.69 Å². The maximum absolute atomic E-state index is 12.0. The van der Waals surface area contributed by atoms with Gasteiger partial charge in [0.2, 0.25) is 5.91 Å². The van der Waals surface area contributed by atoms with Crippen LogP contribution in [0.15, 0.2) is 23.2 Å². The molecule has 1 N–H and O–H groups in total. The van der Waals surface area contributed by atoms with Crippen LogP contribution < -0.4 is 4.90 Å². The lowest BCUT2D eigenvalue weighted by Gasteiger charge is -2.26. The van der Waals surface area contributed by atoms with Gasteiger partial charge in [0.05, 0.1) is 24.0 Å². The Labute approximate surface area is 160 Å². The second-order valence-corrected chi connectivity index (χ2v) is 10.1. The number of rotatable bonds is 4. The molecule has 2 saturated heterocycles. The first-order valence-corrected chi connectivity index (χ1v) is 11.0. The number of amidine groups is 1. The fraction of sp³-hybridized carbons (Fsp3) is 0.438. The number of sulfone groups is 1. The van der Waals surface area contributed by atoms with E-state index in [0.717, 1.165) is 5.56 Å². The summed E-state index contributed by atoms with van der Waals surface area (Å²) in [4.78, 5) is 28.5. The third kappa shape index (κ3) is 4.05. The van der Waals surface area contributed by atoms with Gasteiger partial charge in [0.1, 0.15) is 0 Å². The van der Waals surface area contributed by atoms with Crippen molar-refractivity contribution in [1.82, 2.24) is 0 Å². The summed E-state index contributed by atoms with van der Waals surface area (Å²) < 4.78 is 24.1. The van der Waals surface area contributed by atoms with E-state index in [4.69, 9.17) is 16.7 Å². The molecule has 1 aromatic carbocycles. The molecule has 26 heavy (non-hydrogen) atoms. The fourth-order valence-electron chi connectivity index (χ4n) is 3.06. The molecule has 2 aliphatic rings. The van der Waals surface area contributed by atoms with Crippen molar-refractivity contribution in [1.29, 1.82) is 0 Å². The van der Waals surface area contributed by atoms with E-state index < -0.39 is 21.7 Å². The SMILES string of the molecule is Cc1ccc(Cl)cc1N1C(=NC(=O)CCC(=O)O)S[C@@H]2CS(=O)(=O)C[C@@H]21. The topological polar surface area (TPSA) is 104 Å². The van der Waals surface area contributed by atoms with Crippen molar-refractivity contribution in [3.8, 4) is 0 Å². The summed E-state index contributed by atoms with van der Waals surface area (Å²) in [6.45, 7) is 1.87. The van der Waals surface area contributed by atoms with Crippen LogP contribution in [0.25, 0.3) is 0 Å². The van der Waals surface area contributed by atoms with E-state index in [-0.39, 0.29) is 35.6 Å². The van der Waals surface area contributed by atoms with Gasteiger partial charge in [-0.15, -0.1) is 0 Å². The van der Waals surface area contributed by atoms with Gasteiger partial charge >= 0.3 is 5.97 Å². The number of nitrogens with zero attached hydrogens (tertiary/aromatic N) is 2. The largest absolute Gasteiger partial charge is 0.481 e. The van der Waals surface area contributed by atoms with E-state index in [9.17, 15) is 18.0 Å². The molecule has 2 heterocycles. The van der Waals surface area contributed by atoms with E-state index in [2.05, 4.69) is 4.99 Å². The molecule has 140 valence electrons. The van der Waals surface area contributed by atoms with Gasteiger partial charge in [-0.05, 0) is 24.6 Å². The molecule has 7 nitrogen and oxygen atoms in total. The zero-order valence-electron chi connectivity index (χ0n) is 13.9. The molecule has 10 heteroatoms. The zero-order valence-corrected chi connectivity index (χ0v) is 16.3. The zero-order chi connectivity index (χ0) is 19.1. The Hall–Kier alpha value is -1.58. The molecule has 0 aromatic heterocycles. The number of anilines is 1. The molecule has 0 radical (unpaired) electrons. The quantitative estimate of drug-likeness (QED) is 0.801. The van der Waals surface area contributed by atoms with E-state index in [1.807, 2.05) is 13.0 Å². The predicted molar refractivity (Wildman–Crippen MR) is 102 cm³/mol. The second kappa shape index (κ2) is 7.21. The molecule has 0 spiro atoms. The van der Waals surface area contributed by atoms with Gasteiger partial charge in [-0.3, -0.25) is 9.59 Å². The van der Waals surface area contributed by atoms with Gasteiger partial charge in [0.15, 0.2) is 15.0 Å². The van der Waals surface area contributed by atoms with Gasteiger partial charge in [-0.1, -0.05) is 29.4 Å². The van der Waals surface area contributed by atoms with E-state index >= 15 is 0 Å². The number of carboxylic acids is 1. The van der Waals surface area contributed by atoms with Crippen LogP contribution in [0.3, 0.4) is 0 Å². The molecular formula is C16H17ClN2O5S2. The number of amides is 1. The number of benzene rings is 1. The minimum atomic E-state index is -3.16. The minimum Gasteiger partial charge on any atom is -0.481 e. The normalized spacial score (nSPS) is 25.5. The van der Waals surface area contributed by atoms with Crippen LogP contribution in [0, 0.1) is 6.92 Å². The van der Waals surface area contributed by atoms with Crippen molar-refractivity contribution in [2.45, 2.75) is 31.1 Å². The van der Waals surface area contributed by atoms with Crippen molar-refractivity contribution in [3.05, 3.63) is 28.8 Å². The number of carbonyl (C=O) groups excluding carboxylic acids is 1. The Balaban J connectivity index is 1.97. The fourth-order valence-corrected chi connectivity index (χ4v) is 7.16. The Bertz CT molecular complexity index is 900. The average molecular weight is 417 g/mol. The third-order valence-corrected chi connectivity index (χ3v) is 7.72. The first kappa shape index (κ1) is 19.2. The number of carbonyl (C=O) groups is 2. The number of thioether (sulfide) groups is 1. The van der Waals surface area contributed by atoms with Gasteiger partial charge in [0, 0.05) is 22.4 Å². The summed E-state index contributed by atoms with van der Waals surface area (Å²) in [7, 11) is -3.16. The number of carboxylic acid groups (broad SMARTS) is 1. The highest BCUT2D eigenvalue weighted by Crippen LogP contribution is 2.42. The summed E-state index contributed by atoms with van der Waals surface area (Å²) in [6, 6.07) is 4.96. The number of hydrogen-bond donors (Lipinski definition) is 1. The molecule has 0 saturated carbocycles. The van der Waals surface area contributed by atoms with Gasteiger partial charge < -0.3 is 10.0 Å². The monoisotopic (exact) mass is 416 g/mol. The first-order valence-electron chi connectivity index (χ1n) is 7.92. The predicted octanol–water partition coefficient (Wildman–Crippen LogP) is 2.11. The molecule has 1 amide bonds.